The smallest absolute Gasteiger partial charge is 0.331 e. The average molecular weight is 249 g/mol. The monoisotopic (exact) mass is 249 g/mol. The van der Waals surface area contributed by atoms with Crippen molar-refractivity contribution in [1.29, 1.82) is 0 Å². The molecule has 0 atom stereocenters. The van der Waals surface area contributed by atoms with E-state index in [2.05, 4.69) is 21.5 Å². The van der Waals surface area contributed by atoms with Gasteiger partial charge in [-0.1, -0.05) is 6.58 Å². The topological polar surface area (TPSA) is 127 Å². The Morgan fingerprint density at radius 3 is 3.00 bits per heavy atom. The van der Waals surface area contributed by atoms with Gasteiger partial charge >= 0.3 is 5.97 Å². The van der Waals surface area contributed by atoms with E-state index < -0.39 is 11.5 Å². The molecule has 0 saturated heterocycles. The first-order valence-corrected chi connectivity index (χ1v) is 5.10. The van der Waals surface area contributed by atoms with Gasteiger partial charge in [-0.3, -0.25) is 9.78 Å². The first-order chi connectivity index (χ1) is 8.49. The summed E-state index contributed by atoms with van der Waals surface area (Å²) in [6.45, 7) is 3.74. The van der Waals surface area contributed by atoms with Gasteiger partial charge in [-0.25, -0.2) is 9.78 Å². The third kappa shape index (κ3) is 2.08. The number of aromatic nitrogens is 4. The molecule has 8 heteroatoms. The van der Waals surface area contributed by atoms with Crippen molar-refractivity contribution in [3.63, 3.8) is 0 Å². The molecule has 0 fully saturated rings. The fourth-order valence-corrected chi connectivity index (χ4v) is 1.50. The Hall–Kier alpha value is -2.64. The van der Waals surface area contributed by atoms with Crippen LogP contribution in [0.2, 0.25) is 0 Å². The zero-order valence-corrected chi connectivity index (χ0v) is 9.38. The fourth-order valence-electron chi connectivity index (χ4n) is 1.50. The number of nitrogens with one attached hydrogen (secondary N) is 1. The maximum atomic E-state index is 11.5. The Morgan fingerprint density at radius 2 is 2.33 bits per heavy atom. The number of hydrogen-bond acceptors (Lipinski definition) is 5. The van der Waals surface area contributed by atoms with Crippen LogP contribution in [-0.2, 0) is 11.3 Å². The van der Waals surface area contributed by atoms with E-state index in [1.165, 1.54) is 6.33 Å². The predicted octanol–water partition coefficient (Wildman–Crippen LogP) is -0.267. The molecule has 0 aliphatic carbocycles. The molecule has 0 unspecified atom stereocenters. The summed E-state index contributed by atoms with van der Waals surface area (Å²) in [4.78, 5) is 32.3. The first kappa shape index (κ1) is 11.8. The second-order valence-electron chi connectivity index (χ2n) is 3.72. The molecule has 0 aromatic carbocycles. The lowest BCUT2D eigenvalue weighted by molar-refractivity contribution is -0.132. The van der Waals surface area contributed by atoms with Crippen LogP contribution in [-0.4, -0.2) is 30.6 Å². The third-order valence-corrected chi connectivity index (χ3v) is 2.45. The zero-order chi connectivity index (χ0) is 13.3. The van der Waals surface area contributed by atoms with E-state index in [1.54, 1.807) is 4.57 Å². The Kier molecular flexibility index (Phi) is 2.84. The molecular formula is C10H11N5O3. The second-order valence-corrected chi connectivity index (χ2v) is 3.72. The van der Waals surface area contributed by atoms with E-state index in [1.807, 2.05) is 0 Å². The van der Waals surface area contributed by atoms with Gasteiger partial charge in [0, 0.05) is 12.1 Å². The number of nitrogens with two attached hydrogens (primary N) is 1. The molecule has 0 aliphatic rings. The van der Waals surface area contributed by atoms with Gasteiger partial charge in [0.15, 0.2) is 11.2 Å². The van der Waals surface area contributed by atoms with E-state index in [4.69, 9.17) is 10.8 Å². The normalized spacial score (nSPS) is 10.7. The van der Waals surface area contributed by atoms with E-state index in [0.717, 1.165) is 0 Å². The fraction of sp³-hybridized carbons (Fsp3) is 0.200. The molecule has 94 valence electrons. The van der Waals surface area contributed by atoms with Crippen LogP contribution >= 0.6 is 0 Å². The van der Waals surface area contributed by atoms with Gasteiger partial charge in [0.25, 0.3) is 5.56 Å². The Morgan fingerprint density at radius 1 is 1.61 bits per heavy atom. The Labute approximate surface area is 101 Å². The highest BCUT2D eigenvalue weighted by molar-refractivity contribution is 5.85. The molecule has 0 saturated carbocycles. The van der Waals surface area contributed by atoms with Crippen LogP contribution in [0.5, 0.6) is 0 Å². The van der Waals surface area contributed by atoms with Crippen LogP contribution < -0.4 is 11.3 Å². The van der Waals surface area contributed by atoms with Crippen molar-refractivity contribution >= 4 is 23.1 Å². The summed E-state index contributed by atoms with van der Waals surface area (Å²) < 4.78 is 1.56. The summed E-state index contributed by atoms with van der Waals surface area (Å²) in [5.41, 5.74) is 5.59. The number of imidazole rings is 1. The average Bonchev–Trinajstić information content (AvgIpc) is 2.69. The van der Waals surface area contributed by atoms with Crippen LogP contribution in [0.1, 0.15) is 6.42 Å². The van der Waals surface area contributed by atoms with Gasteiger partial charge in [-0.2, -0.15) is 4.98 Å². The number of carbonyl (C=O) groups is 1. The van der Waals surface area contributed by atoms with E-state index >= 15 is 0 Å². The molecule has 2 aromatic heterocycles. The van der Waals surface area contributed by atoms with E-state index in [9.17, 15) is 9.59 Å². The number of aliphatic carboxylic acids is 1. The Bertz CT molecular complexity index is 684. The number of hydrogen-bond donors (Lipinski definition) is 3. The molecule has 2 rings (SSSR count). The van der Waals surface area contributed by atoms with E-state index in [0.29, 0.717) is 12.2 Å². The maximum Gasteiger partial charge on any atom is 0.331 e. The molecular weight excluding hydrogens is 238 g/mol. The van der Waals surface area contributed by atoms with Crippen LogP contribution in [0.4, 0.5) is 5.95 Å². The molecule has 0 amide bonds. The SMILES string of the molecule is C=C(CCn1cnc2c(=O)[nH]c(N)nc21)C(=O)O. The van der Waals surface area contributed by atoms with Crippen LogP contribution in [0.3, 0.4) is 0 Å². The number of carboxylic acids is 1. The number of aryl methyl sites for hydroxylation is 1. The van der Waals surface area contributed by atoms with Gasteiger partial charge in [0.2, 0.25) is 5.95 Å². The third-order valence-electron chi connectivity index (χ3n) is 2.45. The van der Waals surface area contributed by atoms with Gasteiger partial charge in [0.05, 0.1) is 6.33 Å². The number of nitrogen functional groups attached to an aromatic ring is 1. The quantitative estimate of drug-likeness (QED) is 0.640. The number of aromatic amines is 1. The number of fused-ring (bicyclic) bond motifs is 1. The standard InChI is InChI=1S/C10H11N5O3/c1-5(9(17)18)2-3-15-4-12-6-7(15)13-10(11)14-8(6)16/h4H,1-3H2,(H,17,18)(H3,11,13,14,16). The predicted molar refractivity (Wildman–Crippen MR) is 64.0 cm³/mol. The van der Waals surface area contributed by atoms with Gasteiger partial charge in [-0.15, -0.1) is 0 Å². The minimum Gasteiger partial charge on any atom is -0.478 e. The van der Waals surface area contributed by atoms with Crippen molar-refractivity contribution in [3.8, 4) is 0 Å². The van der Waals surface area contributed by atoms with Gasteiger partial charge in [0.1, 0.15) is 0 Å². The van der Waals surface area contributed by atoms with Crippen molar-refractivity contribution in [2.45, 2.75) is 13.0 Å². The largest absolute Gasteiger partial charge is 0.478 e. The first-order valence-electron chi connectivity index (χ1n) is 5.10. The molecule has 2 aromatic rings. The highest BCUT2D eigenvalue weighted by Crippen LogP contribution is 2.09. The molecule has 8 nitrogen and oxygen atoms in total. The number of nitrogens with zero attached hydrogens (tertiary/aromatic N) is 3. The minimum atomic E-state index is -1.05. The molecule has 0 aliphatic heterocycles. The number of carboxylic acid groups (broad SMARTS) is 1. The van der Waals surface area contributed by atoms with Gasteiger partial charge < -0.3 is 15.4 Å². The summed E-state index contributed by atoms with van der Waals surface area (Å²) in [6, 6.07) is 0. The highest BCUT2D eigenvalue weighted by atomic mass is 16.4. The van der Waals surface area contributed by atoms with Crippen molar-refractivity contribution < 1.29 is 9.90 Å². The number of rotatable bonds is 4. The molecule has 0 radical (unpaired) electrons. The van der Waals surface area contributed by atoms with Crippen molar-refractivity contribution in [2.75, 3.05) is 5.73 Å². The molecule has 0 spiro atoms. The molecule has 2 heterocycles. The summed E-state index contributed by atoms with van der Waals surface area (Å²) in [5, 5.41) is 8.70. The Balaban J connectivity index is 2.32. The second kappa shape index (κ2) is 4.32. The van der Waals surface area contributed by atoms with Crippen molar-refractivity contribution in [1.82, 2.24) is 19.5 Å². The van der Waals surface area contributed by atoms with Crippen LogP contribution in [0, 0.1) is 0 Å². The summed E-state index contributed by atoms with van der Waals surface area (Å²) >= 11 is 0. The van der Waals surface area contributed by atoms with Crippen molar-refractivity contribution in [2.24, 2.45) is 0 Å². The lowest BCUT2D eigenvalue weighted by atomic mass is 10.2. The van der Waals surface area contributed by atoms with Gasteiger partial charge in [-0.05, 0) is 6.42 Å². The highest BCUT2D eigenvalue weighted by Gasteiger charge is 2.10. The number of H-pyrrole nitrogens is 1. The number of anilines is 1. The molecule has 18 heavy (non-hydrogen) atoms. The molecule has 0 bridgehead atoms. The maximum absolute atomic E-state index is 11.5. The summed E-state index contributed by atoms with van der Waals surface area (Å²) in [6.07, 6.45) is 1.65. The minimum absolute atomic E-state index is 0.00805. The molecule has 4 N–H and O–H groups in total. The van der Waals surface area contributed by atoms with E-state index in [-0.39, 0.29) is 23.5 Å². The summed E-state index contributed by atoms with van der Waals surface area (Å²) in [5.74, 6) is -1.06. The zero-order valence-electron chi connectivity index (χ0n) is 9.38. The van der Waals surface area contributed by atoms with Crippen LogP contribution in [0.15, 0.2) is 23.3 Å². The van der Waals surface area contributed by atoms with Crippen LogP contribution in [0.25, 0.3) is 11.2 Å². The van der Waals surface area contributed by atoms with Crippen molar-refractivity contribution in [3.05, 3.63) is 28.8 Å². The summed E-state index contributed by atoms with van der Waals surface area (Å²) in [7, 11) is 0. The lowest BCUT2D eigenvalue weighted by Crippen LogP contribution is -2.12. The lowest BCUT2D eigenvalue weighted by Gasteiger charge is -2.03.